The van der Waals surface area contributed by atoms with E-state index in [2.05, 4.69) is 27.0 Å². The second kappa shape index (κ2) is 7.83. The minimum atomic E-state index is -1.69. The van der Waals surface area contributed by atoms with Gasteiger partial charge in [-0.1, -0.05) is 17.9 Å². The highest BCUT2D eigenvalue weighted by Crippen LogP contribution is 2.27. The van der Waals surface area contributed by atoms with Crippen LogP contribution in [0, 0.1) is 11.8 Å². The van der Waals surface area contributed by atoms with Crippen LogP contribution < -0.4 is 5.73 Å². The van der Waals surface area contributed by atoms with Crippen LogP contribution in [-0.2, 0) is 11.8 Å². The summed E-state index contributed by atoms with van der Waals surface area (Å²) in [4.78, 5) is 30.3. The second-order valence-electron chi connectivity index (χ2n) is 8.26. The number of aromatic nitrogens is 5. The Bertz CT molecular complexity index is 1520. The number of nitrogens with two attached hydrogens (primary N) is 1. The van der Waals surface area contributed by atoms with E-state index in [1.807, 2.05) is 19.3 Å². The predicted octanol–water partition coefficient (Wildman–Crippen LogP) is 0.865. The minimum absolute atomic E-state index is 0.0960. The Labute approximate surface area is 194 Å². The summed E-state index contributed by atoms with van der Waals surface area (Å²) in [5.74, 6) is 4.52. The van der Waals surface area contributed by atoms with E-state index in [-0.39, 0.29) is 12.1 Å². The first kappa shape index (κ1) is 21.4. The maximum absolute atomic E-state index is 12.2. The normalized spacial score (nSPS) is 17.7. The van der Waals surface area contributed by atoms with Crippen LogP contribution in [-0.4, -0.2) is 65.6 Å². The van der Waals surface area contributed by atoms with Gasteiger partial charge in [-0.2, -0.15) is 10.2 Å². The van der Waals surface area contributed by atoms with Crippen LogP contribution >= 0.6 is 0 Å². The van der Waals surface area contributed by atoms with Crippen molar-refractivity contribution < 1.29 is 14.7 Å². The molecule has 4 heterocycles. The van der Waals surface area contributed by atoms with Crippen LogP contribution in [0.3, 0.4) is 0 Å². The Morgan fingerprint density at radius 1 is 1.21 bits per heavy atom. The number of likely N-dealkylation sites (tertiary alicyclic amines) is 1. The van der Waals surface area contributed by atoms with Gasteiger partial charge in [0.05, 0.1) is 17.3 Å². The van der Waals surface area contributed by atoms with Crippen LogP contribution in [0.2, 0.25) is 0 Å². The summed E-state index contributed by atoms with van der Waals surface area (Å²) in [6.07, 6.45) is 5.49. The molecule has 1 saturated heterocycles. The Morgan fingerprint density at radius 3 is 2.71 bits per heavy atom. The number of hydrogen-bond acceptors (Lipinski definition) is 6. The van der Waals surface area contributed by atoms with Gasteiger partial charge < -0.3 is 15.7 Å². The fourth-order valence-electron chi connectivity index (χ4n) is 3.95. The van der Waals surface area contributed by atoms with Crippen LogP contribution in [0.1, 0.15) is 22.5 Å². The first-order valence-electron chi connectivity index (χ1n) is 10.5. The molecule has 4 aromatic rings. The SMILES string of the molecule is CN1CC[C@@](O)(C#Cc2cccc(-n3nc(C(N)=O)c4cc(-c5cnn(C)c5)cnc43)c2)C1=O. The minimum Gasteiger partial charge on any atom is -0.369 e. The number of rotatable bonds is 3. The van der Waals surface area contributed by atoms with Crippen LogP contribution in [0.4, 0.5) is 0 Å². The number of nitrogens with zero attached hydrogens (tertiary/aromatic N) is 6. The van der Waals surface area contributed by atoms with E-state index in [0.29, 0.717) is 28.8 Å². The van der Waals surface area contributed by atoms with Gasteiger partial charge in [-0.3, -0.25) is 14.3 Å². The lowest BCUT2D eigenvalue weighted by Gasteiger charge is -2.13. The second-order valence-corrected chi connectivity index (χ2v) is 8.26. The summed E-state index contributed by atoms with van der Waals surface area (Å²) in [5.41, 5.74) is 7.28. The van der Waals surface area contributed by atoms with Crippen LogP contribution in [0.15, 0.2) is 48.9 Å². The number of fused-ring (bicyclic) bond motifs is 1. The number of benzene rings is 1. The molecule has 3 N–H and O–H groups in total. The summed E-state index contributed by atoms with van der Waals surface area (Å²) in [6, 6.07) is 8.88. The van der Waals surface area contributed by atoms with Crippen molar-refractivity contribution in [3.8, 4) is 28.7 Å². The number of likely N-dealkylation sites (N-methyl/N-ethyl adjacent to an activating group) is 1. The zero-order chi connectivity index (χ0) is 24.0. The van der Waals surface area contributed by atoms with Gasteiger partial charge in [-0.05, 0) is 24.3 Å². The lowest BCUT2D eigenvalue weighted by atomic mass is 10.0. The molecule has 1 atom stereocenters. The van der Waals surface area contributed by atoms with Crippen LogP contribution in [0.25, 0.3) is 27.8 Å². The van der Waals surface area contributed by atoms with Crippen molar-refractivity contribution in [1.29, 1.82) is 0 Å². The Morgan fingerprint density at radius 2 is 2.03 bits per heavy atom. The molecule has 1 fully saturated rings. The molecule has 1 aromatic carbocycles. The van der Waals surface area contributed by atoms with Crippen molar-refractivity contribution in [1.82, 2.24) is 29.4 Å². The number of hydrogen-bond donors (Lipinski definition) is 2. The summed E-state index contributed by atoms with van der Waals surface area (Å²) < 4.78 is 3.20. The zero-order valence-corrected chi connectivity index (χ0v) is 18.6. The van der Waals surface area contributed by atoms with E-state index >= 15 is 0 Å². The number of pyridine rings is 1. The number of amides is 2. The molecule has 34 heavy (non-hydrogen) atoms. The molecule has 0 spiro atoms. The summed E-state index contributed by atoms with van der Waals surface area (Å²) >= 11 is 0. The lowest BCUT2D eigenvalue weighted by molar-refractivity contribution is -0.137. The molecule has 0 aliphatic carbocycles. The fourth-order valence-corrected chi connectivity index (χ4v) is 3.95. The van der Waals surface area contributed by atoms with Crippen molar-refractivity contribution in [3.05, 3.63) is 60.2 Å². The van der Waals surface area contributed by atoms with E-state index < -0.39 is 17.4 Å². The van der Waals surface area contributed by atoms with Crippen LogP contribution in [0.5, 0.6) is 0 Å². The molecule has 10 heteroatoms. The van der Waals surface area contributed by atoms with Crippen molar-refractivity contribution in [2.75, 3.05) is 13.6 Å². The summed E-state index contributed by atoms with van der Waals surface area (Å²) in [6.45, 7) is 0.450. The van der Waals surface area contributed by atoms with Gasteiger partial charge in [0.25, 0.3) is 11.8 Å². The average Bonchev–Trinajstić information content (AvgIpc) is 3.50. The van der Waals surface area contributed by atoms with Gasteiger partial charge in [0, 0.05) is 56.1 Å². The molecule has 2 amide bonds. The fraction of sp³-hybridized carbons (Fsp3) is 0.208. The quantitative estimate of drug-likeness (QED) is 0.441. The lowest BCUT2D eigenvalue weighted by Crippen LogP contribution is -2.37. The highest BCUT2D eigenvalue weighted by atomic mass is 16.3. The Hall–Kier alpha value is -4.49. The third-order valence-corrected chi connectivity index (χ3v) is 5.81. The summed E-state index contributed by atoms with van der Waals surface area (Å²) in [7, 11) is 3.45. The molecule has 1 aliphatic rings. The Kier molecular flexibility index (Phi) is 4.92. The smallest absolute Gasteiger partial charge is 0.269 e. The van der Waals surface area contributed by atoms with Gasteiger partial charge in [0.15, 0.2) is 11.3 Å². The molecule has 5 rings (SSSR count). The molecule has 0 bridgehead atoms. The highest BCUT2D eigenvalue weighted by Gasteiger charge is 2.42. The van der Waals surface area contributed by atoms with Crippen molar-refractivity contribution in [3.63, 3.8) is 0 Å². The van der Waals surface area contributed by atoms with Crippen molar-refractivity contribution in [2.45, 2.75) is 12.0 Å². The maximum atomic E-state index is 12.2. The highest BCUT2D eigenvalue weighted by molar-refractivity contribution is 6.04. The van der Waals surface area contributed by atoms with Gasteiger partial charge in [-0.15, -0.1) is 0 Å². The first-order chi connectivity index (χ1) is 16.2. The van der Waals surface area contributed by atoms with E-state index in [0.717, 1.165) is 11.1 Å². The topological polar surface area (TPSA) is 132 Å². The number of aryl methyl sites for hydroxylation is 1. The molecule has 0 radical (unpaired) electrons. The van der Waals surface area contributed by atoms with E-state index in [1.165, 1.54) is 9.58 Å². The van der Waals surface area contributed by atoms with E-state index in [4.69, 9.17) is 5.73 Å². The Balaban J connectivity index is 1.57. The molecule has 3 aromatic heterocycles. The molecular formula is C24H21N7O3. The van der Waals surface area contributed by atoms with Gasteiger partial charge in [0.1, 0.15) is 0 Å². The number of carbonyl (C=O) groups is 2. The standard InChI is InChI=1S/C24H21N7O3/c1-29-9-8-24(34,23(29)33)7-6-15-4-3-5-18(10-15)31-22-19(20(28-31)21(25)32)11-16(12-26-22)17-13-27-30(2)14-17/h3-5,10-14,34H,8-9H2,1-2H3,(H2,25,32)/t24-/m0/s1. The number of aliphatic hydroxyl groups is 1. The van der Waals surface area contributed by atoms with Gasteiger partial charge in [0.2, 0.25) is 5.60 Å². The number of carbonyl (C=O) groups excluding carboxylic acids is 2. The monoisotopic (exact) mass is 455 g/mol. The molecule has 170 valence electrons. The average molecular weight is 455 g/mol. The van der Waals surface area contributed by atoms with Gasteiger partial charge in [-0.25, -0.2) is 9.67 Å². The summed E-state index contributed by atoms with van der Waals surface area (Å²) in [5, 5.41) is 19.7. The third kappa shape index (κ3) is 3.58. The third-order valence-electron chi connectivity index (χ3n) is 5.81. The molecule has 0 saturated carbocycles. The zero-order valence-electron chi connectivity index (χ0n) is 18.6. The van der Waals surface area contributed by atoms with E-state index in [9.17, 15) is 14.7 Å². The number of primary amides is 1. The molecular weight excluding hydrogens is 434 g/mol. The largest absolute Gasteiger partial charge is 0.369 e. The first-order valence-corrected chi connectivity index (χ1v) is 10.5. The van der Waals surface area contributed by atoms with E-state index in [1.54, 1.807) is 48.4 Å². The predicted molar refractivity (Wildman–Crippen MR) is 124 cm³/mol. The van der Waals surface area contributed by atoms with Crippen molar-refractivity contribution in [2.24, 2.45) is 12.8 Å². The molecule has 10 nitrogen and oxygen atoms in total. The molecule has 1 aliphatic heterocycles. The maximum Gasteiger partial charge on any atom is 0.269 e. The van der Waals surface area contributed by atoms with Crippen molar-refractivity contribution >= 4 is 22.8 Å². The molecule has 0 unspecified atom stereocenters. The van der Waals surface area contributed by atoms with Gasteiger partial charge >= 0.3 is 0 Å².